The first-order valence-electron chi connectivity index (χ1n) is 8.91. The van der Waals surface area contributed by atoms with Crippen LogP contribution in [0.25, 0.3) is 11.0 Å². The number of benzene rings is 1. The first-order chi connectivity index (χ1) is 12.1. The number of aromatic nitrogens is 3. The fraction of sp³-hybridized carbons (Fsp3) is 0.400. The van der Waals surface area contributed by atoms with Gasteiger partial charge in [0.25, 0.3) is 0 Å². The van der Waals surface area contributed by atoms with E-state index in [2.05, 4.69) is 41.3 Å². The zero-order valence-electron chi connectivity index (χ0n) is 15.1. The number of rotatable bonds is 7. The normalized spacial score (nSPS) is 12.6. The monoisotopic (exact) mass is 338 g/mol. The van der Waals surface area contributed by atoms with Crippen LogP contribution in [0.1, 0.15) is 45.1 Å². The van der Waals surface area contributed by atoms with Crippen LogP contribution in [0.3, 0.4) is 0 Å². The Morgan fingerprint density at radius 3 is 2.56 bits per heavy atom. The van der Waals surface area contributed by atoms with E-state index in [0.29, 0.717) is 19.0 Å². The van der Waals surface area contributed by atoms with E-state index in [0.717, 1.165) is 23.3 Å². The number of hydrogen-bond acceptors (Lipinski definition) is 2. The molecule has 0 spiro atoms. The van der Waals surface area contributed by atoms with Gasteiger partial charge in [-0.25, -0.2) is 4.98 Å². The third-order valence-corrected chi connectivity index (χ3v) is 4.47. The minimum Gasteiger partial charge on any atom is -0.356 e. The van der Waals surface area contributed by atoms with Crippen LogP contribution in [0.2, 0.25) is 0 Å². The van der Waals surface area contributed by atoms with Crippen molar-refractivity contribution in [1.29, 1.82) is 0 Å². The summed E-state index contributed by atoms with van der Waals surface area (Å²) in [7, 11) is 0. The van der Waals surface area contributed by atoms with Crippen LogP contribution in [0.15, 0.2) is 48.8 Å². The average Bonchev–Trinajstić information content (AvgIpc) is 3.22. The predicted octanol–water partition coefficient (Wildman–Crippen LogP) is 3.73. The molecule has 132 valence electrons. The molecule has 3 aromatic rings. The number of carbonyl (C=O) groups excluding carboxylic acids is 1. The number of carbonyl (C=O) groups is 1. The van der Waals surface area contributed by atoms with Crippen molar-refractivity contribution < 1.29 is 4.79 Å². The molecule has 0 saturated carbocycles. The van der Waals surface area contributed by atoms with Gasteiger partial charge in [0.2, 0.25) is 5.91 Å². The lowest BCUT2D eigenvalue weighted by molar-refractivity contribution is -0.121. The Hall–Kier alpha value is -2.56. The molecule has 3 rings (SSSR count). The van der Waals surface area contributed by atoms with Crippen LogP contribution in [-0.4, -0.2) is 26.6 Å². The molecule has 1 atom stereocenters. The molecule has 5 heteroatoms. The average molecular weight is 338 g/mol. The fourth-order valence-corrected chi connectivity index (χ4v) is 3.25. The number of imidazole rings is 1. The molecule has 0 aliphatic rings. The molecule has 5 nitrogen and oxygen atoms in total. The zero-order valence-corrected chi connectivity index (χ0v) is 15.1. The molecule has 0 aliphatic carbocycles. The van der Waals surface area contributed by atoms with Gasteiger partial charge < -0.3 is 14.5 Å². The molecule has 1 N–H and O–H groups in total. The molecule has 2 aromatic heterocycles. The maximum atomic E-state index is 12.2. The predicted molar refractivity (Wildman–Crippen MR) is 101 cm³/mol. The summed E-state index contributed by atoms with van der Waals surface area (Å²) in [5.74, 6) is 1.10. The topological polar surface area (TPSA) is 51.9 Å². The standard InChI is InChI=1S/C20H26N4O/c1-15(2)24-18-9-5-4-8-17(18)22-19(24)10-11-21-20(25)14-16(3)23-12-6-7-13-23/h4-9,12-13,15-16H,10-11,14H2,1-3H3,(H,21,25). The highest BCUT2D eigenvalue weighted by Gasteiger charge is 2.14. The van der Waals surface area contributed by atoms with Gasteiger partial charge in [-0.05, 0) is 45.0 Å². The fourth-order valence-electron chi connectivity index (χ4n) is 3.25. The van der Waals surface area contributed by atoms with Crippen LogP contribution in [0.4, 0.5) is 0 Å². The molecule has 0 radical (unpaired) electrons. The molecule has 0 fully saturated rings. The molecule has 1 aromatic carbocycles. The van der Waals surface area contributed by atoms with Crippen molar-refractivity contribution in [3.63, 3.8) is 0 Å². The van der Waals surface area contributed by atoms with E-state index in [1.807, 2.05) is 42.7 Å². The minimum atomic E-state index is 0.0772. The Bertz CT molecular complexity index is 833. The molecule has 2 heterocycles. The van der Waals surface area contributed by atoms with E-state index in [1.54, 1.807) is 0 Å². The summed E-state index contributed by atoms with van der Waals surface area (Å²) in [6.07, 6.45) is 5.19. The van der Waals surface area contributed by atoms with Gasteiger partial charge in [0, 0.05) is 43.9 Å². The maximum absolute atomic E-state index is 12.2. The van der Waals surface area contributed by atoms with E-state index >= 15 is 0 Å². The first-order valence-corrected chi connectivity index (χ1v) is 8.91. The molecule has 0 aliphatic heterocycles. The Morgan fingerprint density at radius 2 is 1.84 bits per heavy atom. The van der Waals surface area contributed by atoms with Crippen LogP contribution < -0.4 is 5.32 Å². The molecular weight excluding hydrogens is 312 g/mol. The van der Waals surface area contributed by atoms with Gasteiger partial charge in [0.1, 0.15) is 5.82 Å². The van der Waals surface area contributed by atoms with Crippen molar-refractivity contribution in [2.24, 2.45) is 0 Å². The van der Waals surface area contributed by atoms with Crippen LogP contribution >= 0.6 is 0 Å². The molecule has 25 heavy (non-hydrogen) atoms. The summed E-state index contributed by atoms with van der Waals surface area (Å²) in [6, 6.07) is 12.6. The molecular formula is C20H26N4O. The molecule has 0 saturated heterocycles. The number of fused-ring (bicyclic) bond motifs is 1. The Kier molecular flexibility index (Phi) is 5.22. The third-order valence-electron chi connectivity index (χ3n) is 4.47. The van der Waals surface area contributed by atoms with Crippen molar-refractivity contribution in [2.75, 3.05) is 6.54 Å². The van der Waals surface area contributed by atoms with E-state index in [4.69, 9.17) is 4.98 Å². The number of hydrogen-bond donors (Lipinski definition) is 1. The van der Waals surface area contributed by atoms with Crippen LogP contribution in [0, 0.1) is 0 Å². The Labute approximate surface area is 148 Å². The van der Waals surface area contributed by atoms with Crippen molar-refractivity contribution in [3.8, 4) is 0 Å². The highest BCUT2D eigenvalue weighted by Crippen LogP contribution is 2.21. The van der Waals surface area contributed by atoms with Crippen molar-refractivity contribution >= 4 is 16.9 Å². The summed E-state index contributed by atoms with van der Waals surface area (Å²) < 4.78 is 4.31. The van der Waals surface area contributed by atoms with Gasteiger partial charge in [-0.1, -0.05) is 12.1 Å². The number of nitrogens with one attached hydrogen (secondary N) is 1. The van der Waals surface area contributed by atoms with Crippen molar-refractivity contribution in [3.05, 3.63) is 54.6 Å². The van der Waals surface area contributed by atoms with Crippen LogP contribution in [0.5, 0.6) is 0 Å². The second-order valence-corrected chi connectivity index (χ2v) is 6.76. The highest BCUT2D eigenvalue weighted by molar-refractivity contribution is 5.77. The van der Waals surface area contributed by atoms with Crippen LogP contribution in [-0.2, 0) is 11.2 Å². The number of para-hydroxylation sites is 2. The Morgan fingerprint density at radius 1 is 1.12 bits per heavy atom. The lowest BCUT2D eigenvalue weighted by Gasteiger charge is -2.15. The quantitative estimate of drug-likeness (QED) is 0.714. The summed E-state index contributed by atoms with van der Waals surface area (Å²) in [5.41, 5.74) is 2.17. The second-order valence-electron chi connectivity index (χ2n) is 6.76. The minimum absolute atomic E-state index is 0.0772. The van der Waals surface area contributed by atoms with Gasteiger partial charge in [0.15, 0.2) is 0 Å². The van der Waals surface area contributed by atoms with E-state index < -0.39 is 0 Å². The van der Waals surface area contributed by atoms with Gasteiger partial charge in [-0.15, -0.1) is 0 Å². The van der Waals surface area contributed by atoms with Gasteiger partial charge in [0.05, 0.1) is 11.0 Å². The molecule has 0 bridgehead atoms. The largest absolute Gasteiger partial charge is 0.356 e. The maximum Gasteiger partial charge on any atom is 0.222 e. The SMILES string of the molecule is CC(CC(=O)NCCc1nc2ccccc2n1C(C)C)n1cccc1. The summed E-state index contributed by atoms with van der Waals surface area (Å²) in [6.45, 7) is 6.98. The smallest absolute Gasteiger partial charge is 0.222 e. The van der Waals surface area contributed by atoms with Gasteiger partial charge in [-0.2, -0.15) is 0 Å². The summed E-state index contributed by atoms with van der Waals surface area (Å²) in [5, 5.41) is 3.03. The van der Waals surface area contributed by atoms with Crippen molar-refractivity contribution in [2.45, 2.75) is 45.7 Å². The zero-order chi connectivity index (χ0) is 17.8. The number of amides is 1. The third kappa shape index (κ3) is 3.92. The Balaban J connectivity index is 1.59. The van der Waals surface area contributed by atoms with E-state index in [9.17, 15) is 4.79 Å². The van der Waals surface area contributed by atoms with Crippen molar-refractivity contribution in [1.82, 2.24) is 19.4 Å². The second kappa shape index (κ2) is 7.55. The highest BCUT2D eigenvalue weighted by atomic mass is 16.1. The molecule has 1 amide bonds. The lowest BCUT2D eigenvalue weighted by Crippen LogP contribution is -2.28. The molecule has 1 unspecified atom stereocenters. The van der Waals surface area contributed by atoms with Gasteiger partial charge in [-0.3, -0.25) is 4.79 Å². The summed E-state index contributed by atoms with van der Waals surface area (Å²) in [4.78, 5) is 16.9. The summed E-state index contributed by atoms with van der Waals surface area (Å²) >= 11 is 0. The van der Waals surface area contributed by atoms with E-state index in [1.165, 1.54) is 0 Å². The lowest BCUT2D eigenvalue weighted by atomic mass is 10.2. The van der Waals surface area contributed by atoms with Gasteiger partial charge >= 0.3 is 0 Å². The van der Waals surface area contributed by atoms with E-state index in [-0.39, 0.29) is 11.9 Å². The first kappa shape index (κ1) is 17.3. The number of nitrogens with zero attached hydrogens (tertiary/aromatic N) is 3.